The van der Waals surface area contributed by atoms with E-state index in [4.69, 9.17) is 4.74 Å². The molecule has 4 aromatic rings. The standard InChI is InChI=1S/C19H13F4N3O2S/c20-11-1-3-14-13(6-11)10(8-24-14)5-17(27)26-18-25-15-4-2-12(7-16(15)29-18)28-9-19(21,22)23/h1-4,6-8,24H,5,9H2,(H,25,26,27). The van der Waals surface area contributed by atoms with Crippen molar-refractivity contribution in [3.05, 3.63) is 54.0 Å². The molecular weight excluding hydrogens is 410 g/mol. The van der Waals surface area contributed by atoms with Gasteiger partial charge in [-0.05, 0) is 42.0 Å². The monoisotopic (exact) mass is 423 g/mol. The van der Waals surface area contributed by atoms with Crippen molar-refractivity contribution in [3.63, 3.8) is 0 Å². The van der Waals surface area contributed by atoms with E-state index >= 15 is 0 Å². The lowest BCUT2D eigenvalue weighted by Gasteiger charge is -2.08. The zero-order valence-corrected chi connectivity index (χ0v) is 15.5. The van der Waals surface area contributed by atoms with Gasteiger partial charge in [-0.15, -0.1) is 0 Å². The number of hydrogen-bond acceptors (Lipinski definition) is 4. The van der Waals surface area contributed by atoms with Gasteiger partial charge in [0.2, 0.25) is 5.91 Å². The zero-order valence-electron chi connectivity index (χ0n) is 14.6. The average molecular weight is 423 g/mol. The number of ether oxygens (including phenoxy) is 1. The third-order valence-electron chi connectivity index (χ3n) is 4.09. The van der Waals surface area contributed by atoms with Gasteiger partial charge in [-0.3, -0.25) is 4.79 Å². The van der Waals surface area contributed by atoms with Crippen molar-refractivity contribution in [2.45, 2.75) is 12.6 Å². The van der Waals surface area contributed by atoms with Gasteiger partial charge in [-0.1, -0.05) is 11.3 Å². The molecule has 0 fully saturated rings. The number of hydrogen-bond donors (Lipinski definition) is 2. The first kappa shape index (κ1) is 19.2. The lowest BCUT2D eigenvalue weighted by molar-refractivity contribution is -0.153. The number of benzene rings is 2. The second kappa shape index (κ2) is 7.36. The topological polar surface area (TPSA) is 67.0 Å². The van der Waals surface area contributed by atoms with Crippen LogP contribution >= 0.6 is 11.3 Å². The van der Waals surface area contributed by atoms with E-state index in [1.807, 2.05) is 0 Å². The molecule has 0 saturated carbocycles. The highest BCUT2D eigenvalue weighted by atomic mass is 32.1. The number of carbonyl (C=O) groups is 1. The van der Waals surface area contributed by atoms with E-state index in [2.05, 4.69) is 15.3 Å². The molecule has 0 aliphatic carbocycles. The second-order valence-electron chi connectivity index (χ2n) is 6.28. The molecule has 2 aromatic heterocycles. The van der Waals surface area contributed by atoms with Crippen LogP contribution in [0.5, 0.6) is 5.75 Å². The molecule has 150 valence electrons. The molecular formula is C19H13F4N3O2S. The summed E-state index contributed by atoms with van der Waals surface area (Å²) < 4.78 is 55.6. The van der Waals surface area contributed by atoms with Gasteiger partial charge < -0.3 is 15.0 Å². The van der Waals surface area contributed by atoms with Crippen molar-refractivity contribution < 1.29 is 27.1 Å². The third kappa shape index (κ3) is 4.48. The highest BCUT2D eigenvalue weighted by molar-refractivity contribution is 7.22. The summed E-state index contributed by atoms with van der Waals surface area (Å²) in [7, 11) is 0. The summed E-state index contributed by atoms with van der Waals surface area (Å²) in [6.07, 6.45) is -2.77. The minimum Gasteiger partial charge on any atom is -0.484 e. The molecule has 0 spiro atoms. The van der Waals surface area contributed by atoms with Crippen LogP contribution in [0.3, 0.4) is 0 Å². The van der Waals surface area contributed by atoms with E-state index in [9.17, 15) is 22.4 Å². The van der Waals surface area contributed by atoms with Crippen molar-refractivity contribution in [1.82, 2.24) is 9.97 Å². The number of aromatic amines is 1. The predicted molar refractivity (Wildman–Crippen MR) is 102 cm³/mol. The number of alkyl halides is 3. The lowest BCUT2D eigenvalue weighted by atomic mass is 10.1. The van der Waals surface area contributed by atoms with E-state index in [1.165, 1.54) is 30.3 Å². The number of rotatable bonds is 5. The SMILES string of the molecule is O=C(Cc1c[nH]c2ccc(F)cc12)Nc1nc2ccc(OCC(F)(F)F)cc2s1. The zero-order chi connectivity index (χ0) is 20.6. The Morgan fingerprint density at radius 1 is 1.21 bits per heavy atom. The summed E-state index contributed by atoms with van der Waals surface area (Å²) in [6, 6.07) is 8.63. The van der Waals surface area contributed by atoms with Crippen LogP contribution in [0.2, 0.25) is 0 Å². The summed E-state index contributed by atoms with van der Waals surface area (Å²) in [4.78, 5) is 19.6. The summed E-state index contributed by atoms with van der Waals surface area (Å²) in [5.41, 5.74) is 1.89. The van der Waals surface area contributed by atoms with Crippen molar-refractivity contribution in [2.75, 3.05) is 11.9 Å². The smallest absolute Gasteiger partial charge is 0.422 e. The Morgan fingerprint density at radius 3 is 2.83 bits per heavy atom. The number of fused-ring (bicyclic) bond motifs is 2. The highest BCUT2D eigenvalue weighted by Gasteiger charge is 2.28. The molecule has 2 heterocycles. The Kier molecular flexibility index (Phi) is 4.87. The predicted octanol–water partition coefficient (Wildman–Crippen LogP) is 5.04. The summed E-state index contributed by atoms with van der Waals surface area (Å²) in [6.45, 7) is -1.38. The number of halogens is 4. The average Bonchev–Trinajstić information content (AvgIpc) is 3.22. The summed E-state index contributed by atoms with van der Waals surface area (Å²) in [5, 5.41) is 3.60. The van der Waals surface area contributed by atoms with Gasteiger partial charge in [0.25, 0.3) is 0 Å². The molecule has 0 bridgehead atoms. The van der Waals surface area contributed by atoms with Crippen molar-refractivity contribution >= 4 is 43.5 Å². The lowest BCUT2D eigenvalue weighted by Crippen LogP contribution is -2.19. The molecule has 5 nitrogen and oxygen atoms in total. The van der Waals surface area contributed by atoms with Gasteiger partial charge in [-0.2, -0.15) is 13.2 Å². The first-order chi connectivity index (χ1) is 13.8. The molecule has 2 N–H and O–H groups in total. The molecule has 0 saturated heterocycles. The van der Waals surface area contributed by atoms with E-state index in [0.717, 1.165) is 16.9 Å². The Morgan fingerprint density at radius 2 is 2.03 bits per heavy atom. The highest BCUT2D eigenvalue weighted by Crippen LogP contribution is 2.30. The number of nitrogens with zero attached hydrogens (tertiary/aromatic N) is 1. The number of amides is 1. The Hall–Kier alpha value is -3.14. The van der Waals surface area contributed by atoms with Crippen LogP contribution in [0.1, 0.15) is 5.56 Å². The fourth-order valence-electron chi connectivity index (χ4n) is 2.85. The number of H-pyrrole nitrogens is 1. The Labute approximate surface area is 165 Å². The van der Waals surface area contributed by atoms with Gasteiger partial charge in [0.15, 0.2) is 11.7 Å². The van der Waals surface area contributed by atoms with Crippen molar-refractivity contribution in [2.24, 2.45) is 0 Å². The normalized spacial score (nSPS) is 11.9. The van der Waals surface area contributed by atoms with Crippen LogP contribution in [0, 0.1) is 5.82 Å². The van der Waals surface area contributed by atoms with E-state index in [0.29, 0.717) is 26.3 Å². The fourth-order valence-corrected chi connectivity index (χ4v) is 3.76. The maximum atomic E-state index is 13.5. The minimum absolute atomic E-state index is 0.0132. The largest absolute Gasteiger partial charge is 0.484 e. The van der Waals surface area contributed by atoms with Crippen molar-refractivity contribution in [3.8, 4) is 5.75 Å². The van der Waals surface area contributed by atoms with Crippen LogP contribution < -0.4 is 10.1 Å². The van der Waals surface area contributed by atoms with Crippen molar-refractivity contribution in [1.29, 1.82) is 0 Å². The van der Waals surface area contributed by atoms with Crippen LogP contribution in [0.25, 0.3) is 21.1 Å². The molecule has 4 rings (SSSR count). The van der Waals surface area contributed by atoms with E-state index in [-0.39, 0.29) is 18.1 Å². The van der Waals surface area contributed by atoms with Crippen LogP contribution in [0.15, 0.2) is 42.6 Å². The van der Waals surface area contributed by atoms with Gasteiger partial charge in [-0.25, -0.2) is 9.37 Å². The maximum Gasteiger partial charge on any atom is 0.422 e. The summed E-state index contributed by atoms with van der Waals surface area (Å²) in [5.74, 6) is -0.673. The molecule has 2 aromatic carbocycles. The van der Waals surface area contributed by atoms with Gasteiger partial charge in [0.1, 0.15) is 11.6 Å². The molecule has 29 heavy (non-hydrogen) atoms. The molecule has 0 unspecified atom stereocenters. The number of nitrogens with one attached hydrogen (secondary N) is 2. The van der Waals surface area contributed by atoms with E-state index in [1.54, 1.807) is 12.3 Å². The number of carbonyl (C=O) groups excluding carboxylic acids is 1. The van der Waals surface area contributed by atoms with Crippen LogP contribution in [-0.2, 0) is 11.2 Å². The third-order valence-corrected chi connectivity index (χ3v) is 5.02. The van der Waals surface area contributed by atoms with Gasteiger partial charge in [0, 0.05) is 17.1 Å². The Balaban J connectivity index is 1.47. The quantitative estimate of drug-likeness (QED) is 0.442. The van der Waals surface area contributed by atoms with Gasteiger partial charge in [0.05, 0.1) is 16.6 Å². The van der Waals surface area contributed by atoms with Gasteiger partial charge >= 0.3 is 6.18 Å². The molecule has 0 atom stereocenters. The number of thiazole rings is 1. The number of anilines is 1. The minimum atomic E-state index is -4.42. The van der Waals surface area contributed by atoms with E-state index < -0.39 is 18.6 Å². The summed E-state index contributed by atoms with van der Waals surface area (Å²) >= 11 is 1.12. The Bertz CT molecular complexity index is 1200. The maximum absolute atomic E-state index is 13.5. The molecule has 0 aliphatic heterocycles. The number of aromatic nitrogens is 2. The molecule has 0 radical (unpaired) electrons. The van der Waals surface area contributed by atoms with Crippen LogP contribution in [0.4, 0.5) is 22.7 Å². The second-order valence-corrected chi connectivity index (χ2v) is 7.31. The first-order valence-corrected chi connectivity index (χ1v) is 9.24. The fraction of sp³-hybridized carbons (Fsp3) is 0.158. The molecule has 10 heteroatoms. The molecule has 1 amide bonds. The van der Waals surface area contributed by atoms with Crippen LogP contribution in [-0.4, -0.2) is 28.7 Å². The first-order valence-electron chi connectivity index (χ1n) is 8.42. The molecule has 0 aliphatic rings.